The number of nitrogens with zero attached hydrogens (tertiary/aromatic N) is 3. The van der Waals surface area contributed by atoms with Crippen molar-refractivity contribution >= 4 is 28.3 Å². The number of halogens is 1. The number of aryl methyl sites for hydroxylation is 2. The molecule has 2 aliphatic rings. The summed E-state index contributed by atoms with van der Waals surface area (Å²) in [5, 5.41) is 17.8. The van der Waals surface area contributed by atoms with Crippen molar-refractivity contribution in [3.63, 3.8) is 0 Å². The van der Waals surface area contributed by atoms with E-state index >= 15 is 0 Å². The van der Waals surface area contributed by atoms with Crippen molar-refractivity contribution in [1.29, 1.82) is 0 Å². The third kappa shape index (κ3) is 3.91. The molecule has 0 spiro atoms. The Balaban J connectivity index is 1.29. The van der Waals surface area contributed by atoms with Crippen molar-refractivity contribution < 1.29 is 28.2 Å². The summed E-state index contributed by atoms with van der Waals surface area (Å²) in [6.45, 7) is 5.90. The minimum absolute atomic E-state index is 0.151. The minimum atomic E-state index is -1.01. The maximum absolute atomic E-state index is 13.7. The number of carbonyl (C=O) groups excluding carboxylic acids is 2. The molecule has 1 saturated heterocycles. The van der Waals surface area contributed by atoms with Crippen LogP contribution in [0.2, 0.25) is 0 Å². The van der Waals surface area contributed by atoms with Gasteiger partial charge in [0.25, 0.3) is 11.8 Å². The van der Waals surface area contributed by atoms with Gasteiger partial charge >= 0.3 is 0 Å². The van der Waals surface area contributed by atoms with Gasteiger partial charge in [0.1, 0.15) is 28.8 Å². The largest absolute Gasteiger partial charge is 0.460 e. The molecule has 38 heavy (non-hydrogen) atoms. The van der Waals surface area contributed by atoms with E-state index in [-0.39, 0.29) is 17.9 Å². The summed E-state index contributed by atoms with van der Waals surface area (Å²) in [5.74, 6) is 0.938. The maximum Gasteiger partial charge on any atom is 0.256 e. The summed E-state index contributed by atoms with van der Waals surface area (Å²) < 4.78 is 27.4. The number of aromatic nitrogens is 2. The first-order valence-electron chi connectivity index (χ1n) is 12.8. The second-order valence-corrected chi connectivity index (χ2v) is 10.2. The van der Waals surface area contributed by atoms with Gasteiger partial charge in [-0.05, 0) is 57.7 Å². The van der Waals surface area contributed by atoms with Gasteiger partial charge in [0.15, 0.2) is 5.75 Å². The Morgan fingerprint density at radius 2 is 2.03 bits per heavy atom. The van der Waals surface area contributed by atoms with Gasteiger partial charge in [0.05, 0.1) is 35.5 Å². The van der Waals surface area contributed by atoms with Crippen LogP contribution < -0.4 is 10.1 Å². The minimum Gasteiger partial charge on any atom is -0.460 e. The molecule has 1 aliphatic carbocycles. The van der Waals surface area contributed by atoms with Gasteiger partial charge in [-0.25, -0.2) is 8.91 Å². The summed E-state index contributed by atoms with van der Waals surface area (Å²) in [6.07, 6.45) is 3.40. The highest BCUT2D eigenvalue weighted by atomic mass is 19.1. The number of likely N-dealkylation sites (tertiary alicyclic amines) is 1. The summed E-state index contributed by atoms with van der Waals surface area (Å²) in [6, 6.07) is 6.21. The fourth-order valence-electron chi connectivity index (χ4n) is 5.42. The Labute approximate surface area is 218 Å². The lowest BCUT2D eigenvalue weighted by Crippen LogP contribution is -2.48. The molecule has 3 aromatic heterocycles. The monoisotopic (exact) mass is 520 g/mol. The fourth-order valence-corrected chi connectivity index (χ4v) is 5.42. The molecule has 0 radical (unpaired) electrons. The van der Waals surface area contributed by atoms with E-state index in [0.717, 1.165) is 5.56 Å². The van der Waals surface area contributed by atoms with Crippen LogP contribution >= 0.6 is 0 Å². The number of alkyl halides is 1. The molecule has 6 rings (SSSR count). The standard InChI is InChI=1S/C28H29FN4O5/c1-14-19(28(36)32-11-9-22(34)15(32)2)13-33-26(14)23(8-10-30-33)38-17-4-5-18-24(12-17)37-16(3)25(18)27(35)31-21-7-6-20(21)29/h4-5,8,10,12-13,15,20-22,34H,6-7,9,11H2,1-3H3,(H,31,35)/t15-,20-,21+,22+/m1/s1. The van der Waals surface area contributed by atoms with Gasteiger partial charge in [-0.1, -0.05) is 0 Å². The van der Waals surface area contributed by atoms with E-state index in [9.17, 15) is 19.1 Å². The van der Waals surface area contributed by atoms with Gasteiger partial charge < -0.3 is 24.5 Å². The number of hydrogen-bond acceptors (Lipinski definition) is 6. The van der Waals surface area contributed by atoms with Gasteiger partial charge in [0, 0.05) is 30.3 Å². The van der Waals surface area contributed by atoms with Crippen LogP contribution in [0.1, 0.15) is 58.2 Å². The molecule has 198 valence electrons. The highest BCUT2D eigenvalue weighted by molar-refractivity contribution is 6.07. The van der Waals surface area contributed by atoms with E-state index in [4.69, 9.17) is 9.15 Å². The summed E-state index contributed by atoms with van der Waals surface area (Å²) >= 11 is 0. The van der Waals surface area contributed by atoms with E-state index in [0.29, 0.717) is 70.7 Å². The lowest BCUT2D eigenvalue weighted by Gasteiger charge is -2.30. The van der Waals surface area contributed by atoms with Crippen molar-refractivity contribution in [3.8, 4) is 11.5 Å². The van der Waals surface area contributed by atoms with Crippen LogP contribution in [0.15, 0.2) is 41.1 Å². The SMILES string of the molecule is Cc1oc2cc(Oc3ccnn4cc(C(=O)N5CC[C@H](O)[C@H]5C)c(C)c34)ccc2c1C(=O)N[C@H]1CC[C@H]1F. The fraction of sp³-hybridized carbons (Fsp3) is 0.393. The second-order valence-electron chi connectivity index (χ2n) is 10.2. The molecule has 2 amide bonds. The number of ether oxygens (including phenoxy) is 1. The van der Waals surface area contributed by atoms with Gasteiger partial charge in [0.2, 0.25) is 0 Å². The van der Waals surface area contributed by atoms with Gasteiger partial charge in [-0.3, -0.25) is 9.59 Å². The molecule has 0 unspecified atom stereocenters. The predicted molar refractivity (Wildman–Crippen MR) is 137 cm³/mol. The van der Waals surface area contributed by atoms with E-state index in [1.807, 2.05) is 13.8 Å². The average Bonchev–Trinajstić information content (AvgIpc) is 3.53. The number of benzene rings is 1. The predicted octanol–water partition coefficient (Wildman–Crippen LogP) is 4.32. The lowest BCUT2D eigenvalue weighted by molar-refractivity contribution is 0.0666. The first-order chi connectivity index (χ1) is 18.2. The zero-order valence-electron chi connectivity index (χ0n) is 21.4. The Hall–Kier alpha value is -3.92. The Morgan fingerprint density at radius 3 is 2.71 bits per heavy atom. The molecule has 4 heterocycles. The lowest BCUT2D eigenvalue weighted by atomic mass is 9.90. The molecule has 2 N–H and O–H groups in total. The molecule has 9 nitrogen and oxygen atoms in total. The van der Waals surface area contributed by atoms with Crippen LogP contribution in [-0.2, 0) is 0 Å². The van der Waals surface area contributed by atoms with Crippen LogP contribution in [-0.4, -0.2) is 62.3 Å². The van der Waals surface area contributed by atoms with Crippen LogP contribution in [0.3, 0.4) is 0 Å². The van der Waals surface area contributed by atoms with Crippen LogP contribution in [0.25, 0.3) is 16.5 Å². The molecule has 4 aromatic rings. The van der Waals surface area contributed by atoms with E-state index < -0.39 is 18.3 Å². The number of carbonyl (C=O) groups is 2. The number of hydrogen-bond donors (Lipinski definition) is 2. The first kappa shape index (κ1) is 24.4. The quantitative estimate of drug-likeness (QED) is 0.406. The Morgan fingerprint density at radius 1 is 1.21 bits per heavy atom. The number of amides is 2. The van der Waals surface area contributed by atoms with E-state index in [2.05, 4.69) is 10.4 Å². The third-order valence-electron chi connectivity index (χ3n) is 7.89. The van der Waals surface area contributed by atoms with E-state index in [1.54, 1.807) is 53.0 Å². The number of furan rings is 1. The van der Waals surface area contributed by atoms with Crippen molar-refractivity contribution in [1.82, 2.24) is 19.8 Å². The van der Waals surface area contributed by atoms with Gasteiger partial charge in [-0.2, -0.15) is 5.10 Å². The molecule has 1 aromatic carbocycles. The normalized spacial score (nSPS) is 23.1. The van der Waals surface area contributed by atoms with Crippen LogP contribution in [0, 0.1) is 13.8 Å². The first-order valence-corrected chi connectivity index (χ1v) is 12.8. The average molecular weight is 521 g/mol. The molecule has 4 atom stereocenters. The molecular formula is C28H29FN4O5. The molecule has 2 fully saturated rings. The Kier molecular flexibility index (Phi) is 5.86. The number of fused-ring (bicyclic) bond motifs is 2. The van der Waals surface area contributed by atoms with Crippen molar-refractivity contribution in [2.75, 3.05) is 6.54 Å². The number of aliphatic hydroxyl groups is 1. The van der Waals surface area contributed by atoms with Crippen molar-refractivity contribution in [2.24, 2.45) is 0 Å². The third-order valence-corrected chi connectivity index (χ3v) is 7.89. The van der Waals surface area contributed by atoms with Crippen LogP contribution in [0.5, 0.6) is 11.5 Å². The zero-order chi connectivity index (χ0) is 26.7. The van der Waals surface area contributed by atoms with Crippen molar-refractivity contribution in [3.05, 3.63) is 59.1 Å². The van der Waals surface area contributed by atoms with E-state index in [1.165, 1.54) is 0 Å². The smallest absolute Gasteiger partial charge is 0.256 e. The topological polar surface area (TPSA) is 109 Å². The second kappa shape index (κ2) is 9.13. The molecular weight excluding hydrogens is 491 g/mol. The Bertz CT molecular complexity index is 1580. The van der Waals surface area contributed by atoms with Crippen LogP contribution in [0.4, 0.5) is 4.39 Å². The maximum atomic E-state index is 13.7. The molecule has 1 aliphatic heterocycles. The highest BCUT2D eigenvalue weighted by Gasteiger charge is 2.35. The van der Waals surface area contributed by atoms with Gasteiger partial charge in [-0.15, -0.1) is 0 Å². The van der Waals surface area contributed by atoms with Crippen molar-refractivity contribution in [2.45, 2.75) is 64.4 Å². The zero-order valence-corrected chi connectivity index (χ0v) is 21.4. The summed E-state index contributed by atoms with van der Waals surface area (Å²) in [5.41, 5.74) is 2.75. The molecule has 10 heteroatoms. The number of rotatable bonds is 5. The number of aliphatic hydroxyl groups excluding tert-OH is 1. The number of nitrogens with one attached hydrogen (secondary N) is 1. The highest BCUT2D eigenvalue weighted by Crippen LogP contribution is 2.35. The molecule has 0 bridgehead atoms. The summed E-state index contributed by atoms with van der Waals surface area (Å²) in [4.78, 5) is 27.8. The molecule has 1 saturated carbocycles. The summed E-state index contributed by atoms with van der Waals surface area (Å²) in [7, 11) is 0.